The number of amides is 1. The normalized spacial score (nSPS) is 10.6. The minimum atomic E-state index is -0.186. The molecule has 0 aliphatic rings. The van der Waals surface area contributed by atoms with Gasteiger partial charge in [-0.25, -0.2) is 4.98 Å². The fourth-order valence-electron chi connectivity index (χ4n) is 2.73. The van der Waals surface area contributed by atoms with Gasteiger partial charge in [-0.3, -0.25) is 4.79 Å². The molecule has 0 radical (unpaired) electrons. The molecule has 27 heavy (non-hydrogen) atoms. The summed E-state index contributed by atoms with van der Waals surface area (Å²) in [4.78, 5) is 19.6. The molecule has 1 amide bonds. The van der Waals surface area contributed by atoms with Crippen LogP contribution >= 0.6 is 23.2 Å². The second kappa shape index (κ2) is 8.89. The number of nitrogens with one attached hydrogen (secondary N) is 2. The summed E-state index contributed by atoms with van der Waals surface area (Å²) in [5.41, 5.74) is 2.93. The fraction of sp³-hybridized carbons (Fsp3) is 0.143. The summed E-state index contributed by atoms with van der Waals surface area (Å²) in [6, 6.07) is 12.9. The first-order chi connectivity index (χ1) is 13.0. The van der Waals surface area contributed by atoms with E-state index in [-0.39, 0.29) is 5.91 Å². The highest BCUT2D eigenvalue weighted by atomic mass is 35.5. The summed E-state index contributed by atoms with van der Waals surface area (Å²) in [6.45, 7) is 4.50. The number of hydrogen-bond acceptors (Lipinski definition) is 2. The summed E-state index contributed by atoms with van der Waals surface area (Å²) >= 11 is 12.3. The number of halogens is 2. The Balaban J connectivity index is 1.63. The lowest BCUT2D eigenvalue weighted by Gasteiger charge is -2.10. The molecule has 4 nitrogen and oxygen atoms in total. The van der Waals surface area contributed by atoms with Crippen molar-refractivity contribution in [1.82, 2.24) is 15.3 Å². The number of carbonyl (C=O) groups is 1. The maximum Gasteiger partial charge on any atom is 0.251 e. The molecule has 2 aromatic carbocycles. The van der Waals surface area contributed by atoms with Crippen molar-refractivity contribution >= 4 is 34.7 Å². The van der Waals surface area contributed by atoms with Crippen LogP contribution in [0.4, 0.5) is 0 Å². The third kappa shape index (κ3) is 5.00. The number of aromatic amines is 1. The molecule has 0 aliphatic heterocycles. The molecule has 138 valence electrons. The quantitative estimate of drug-likeness (QED) is 0.426. The van der Waals surface area contributed by atoms with Gasteiger partial charge in [0.1, 0.15) is 5.82 Å². The van der Waals surface area contributed by atoms with E-state index in [1.54, 1.807) is 24.5 Å². The largest absolute Gasteiger partial charge is 0.352 e. The zero-order valence-corrected chi connectivity index (χ0v) is 16.1. The molecule has 0 fully saturated rings. The number of benzene rings is 2. The summed E-state index contributed by atoms with van der Waals surface area (Å²) in [5, 5.41) is 4.04. The van der Waals surface area contributed by atoms with E-state index >= 15 is 0 Å². The first-order valence-corrected chi connectivity index (χ1v) is 9.31. The lowest BCUT2D eigenvalue weighted by Crippen LogP contribution is -2.25. The lowest BCUT2D eigenvalue weighted by molar-refractivity contribution is -0.115. The van der Waals surface area contributed by atoms with E-state index in [4.69, 9.17) is 23.2 Å². The number of imidazole rings is 1. The molecule has 1 heterocycles. The average Bonchev–Trinajstić information content (AvgIpc) is 3.18. The molecule has 1 aromatic heterocycles. The molecular weight excluding hydrogens is 381 g/mol. The van der Waals surface area contributed by atoms with Crippen LogP contribution in [-0.2, 0) is 11.2 Å². The molecule has 3 aromatic rings. The Hall–Kier alpha value is -2.56. The van der Waals surface area contributed by atoms with Crippen molar-refractivity contribution in [2.75, 3.05) is 6.54 Å². The zero-order chi connectivity index (χ0) is 19.2. The fourth-order valence-corrected chi connectivity index (χ4v) is 3.25. The van der Waals surface area contributed by atoms with Crippen molar-refractivity contribution in [3.8, 4) is 11.1 Å². The van der Waals surface area contributed by atoms with E-state index in [0.29, 0.717) is 22.2 Å². The molecule has 3 rings (SSSR count). The van der Waals surface area contributed by atoms with E-state index in [1.807, 2.05) is 30.3 Å². The first kappa shape index (κ1) is 19.2. The summed E-state index contributed by atoms with van der Waals surface area (Å²) in [5.74, 6) is 0.726. The van der Waals surface area contributed by atoms with Gasteiger partial charge in [-0.1, -0.05) is 54.0 Å². The van der Waals surface area contributed by atoms with Crippen molar-refractivity contribution in [3.05, 3.63) is 82.9 Å². The number of H-pyrrole nitrogens is 1. The van der Waals surface area contributed by atoms with E-state index < -0.39 is 0 Å². The minimum absolute atomic E-state index is 0.186. The maximum absolute atomic E-state index is 12.4. The number of aromatic nitrogens is 2. The third-order valence-electron chi connectivity index (χ3n) is 4.16. The topological polar surface area (TPSA) is 57.8 Å². The summed E-state index contributed by atoms with van der Waals surface area (Å²) in [6.07, 6.45) is 5.09. The van der Waals surface area contributed by atoms with Gasteiger partial charge in [0.2, 0.25) is 0 Å². The van der Waals surface area contributed by atoms with Gasteiger partial charge in [-0.15, -0.1) is 0 Å². The highest BCUT2D eigenvalue weighted by Crippen LogP contribution is 2.31. The van der Waals surface area contributed by atoms with Gasteiger partial charge in [0.15, 0.2) is 0 Å². The van der Waals surface area contributed by atoms with E-state index in [0.717, 1.165) is 35.4 Å². The van der Waals surface area contributed by atoms with Crippen molar-refractivity contribution in [2.45, 2.75) is 12.8 Å². The van der Waals surface area contributed by atoms with Crippen LogP contribution in [0, 0.1) is 0 Å². The predicted molar refractivity (Wildman–Crippen MR) is 111 cm³/mol. The van der Waals surface area contributed by atoms with Gasteiger partial charge in [-0.05, 0) is 35.7 Å². The number of rotatable bonds is 7. The van der Waals surface area contributed by atoms with Crippen molar-refractivity contribution in [2.24, 2.45) is 0 Å². The van der Waals surface area contributed by atoms with Crippen LogP contribution in [0.15, 0.2) is 61.4 Å². The average molecular weight is 400 g/mol. The Labute approximate surface area is 168 Å². The molecule has 2 N–H and O–H groups in total. The molecule has 0 saturated heterocycles. The Kier molecular flexibility index (Phi) is 6.32. The van der Waals surface area contributed by atoms with Crippen LogP contribution in [0.5, 0.6) is 0 Å². The highest BCUT2D eigenvalue weighted by Gasteiger charge is 2.11. The second-order valence-corrected chi connectivity index (χ2v) is 6.92. The Morgan fingerprint density at radius 2 is 2.04 bits per heavy atom. The number of aryl methyl sites for hydroxylation is 1. The Bertz CT molecular complexity index is 952. The van der Waals surface area contributed by atoms with E-state index in [1.165, 1.54) is 0 Å². The molecule has 6 heteroatoms. The second-order valence-electron chi connectivity index (χ2n) is 6.08. The van der Waals surface area contributed by atoms with Crippen LogP contribution in [0.1, 0.15) is 17.8 Å². The summed E-state index contributed by atoms with van der Waals surface area (Å²) in [7, 11) is 0. The molecular formula is C21H19Cl2N3O. The highest BCUT2D eigenvalue weighted by molar-refractivity contribution is 6.36. The van der Waals surface area contributed by atoms with Crippen molar-refractivity contribution in [1.29, 1.82) is 0 Å². The SMILES string of the molecule is C=C(C(=O)NCCCc1ncc[nH]1)c1cccc(-c2ccc(Cl)cc2Cl)c1. The standard InChI is InChI=1S/C21H19Cl2N3O/c1-14(21(27)26-9-3-6-20-24-10-11-25-20)15-4-2-5-16(12-15)18-8-7-17(22)13-19(18)23/h2,4-5,7-8,10-13H,1,3,6,9H2,(H,24,25)(H,26,27). The Morgan fingerprint density at radius 3 is 2.78 bits per heavy atom. The smallest absolute Gasteiger partial charge is 0.251 e. The maximum atomic E-state index is 12.4. The monoisotopic (exact) mass is 399 g/mol. The van der Waals surface area contributed by atoms with Gasteiger partial charge in [0.05, 0.1) is 0 Å². The van der Waals surface area contributed by atoms with Crippen molar-refractivity contribution in [3.63, 3.8) is 0 Å². The number of hydrogen-bond donors (Lipinski definition) is 2. The lowest BCUT2D eigenvalue weighted by atomic mass is 9.99. The van der Waals surface area contributed by atoms with Crippen molar-refractivity contribution < 1.29 is 4.79 Å². The molecule has 0 bridgehead atoms. The van der Waals surface area contributed by atoms with Crippen LogP contribution in [0.3, 0.4) is 0 Å². The minimum Gasteiger partial charge on any atom is -0.352 e. The van der Waals surface area contributed by atoms with Crippen LogP contribution in [-0.4, -0.2) is 22.4 Å². The molecule has 0 spiro atoms. The molecule has 0 unspecified atom stereocenters. The van der Waals surface area contributed by atoms with Gasteiger partial charge in [-0.2, -0.15) is 0 Å². The van der Waals surface area contributed by atoms with Crippen LogP contribution < -0.4 is 5.32 Å². The Morgan fingerprint density at radius 1 is 1.19 bits per heavy atom. The predicted octanol–water partition coefficient (Wildman–Crippen LogP) is 5.15. The van der Waals surface area contributed by atoms with Crippen LogP contribution in [0.2, 0.25) is 10.0 Å². The van der Waals surface area contributed by atoms with Gasteiger partial charge < -0.3 is 10.3 Å². The number of nitrogens with zero attached hydrogens (tertiary/aromatic N) is 1. The first-order valence-electron chi connectivity index (χ1n) is 8.56. The van der Waals surface area contributed by atoms with Crippen LogP contribution in [0.25, 0.3) is 16.7 Å². The third-order valence-corrected chi connectivity index (χ3v) is 4.71. The van der Waals surface area contributed by atoms with Gasteiger partial charge >= 0.3 is 0 Å². The van der Waals surface area contributed by atoms with Gasteiger partial charge in [0, 0.05) is 46.5 Å². The molecule has 0 saturated carbocycles. The number of carbonyl (C=O) groups excluding carboxylic acids is 1. The molecule has 0 atom stereocenters. The van der Waals surface area contributed by atoms with E-state index in [2.05, 4.69) is 21.9 Å². The molecule has 0 aliphatic carbocycles. The summed E-state index contributed by atoms with van der Waals surface area (Å²) < 4.78 is 0. The van der Waals surface area contributed by atoms with E-state index in [9.17, 15) is 4.79 Å². The zero-order valence-electron chi connectivity index (χ0n) is 14.6. The van der Waals surface area contributed by atoms with Gasteiger partial charge in [0.25, 0.3) is 5.91 Å².